The highest BCUT2D eigenvalue weighted by Gasteiger charge is 2.16. The predicted molar refractivity (Wildman–Crippen MR) is 114 cm³/mol. The molecular formula is C23H26N4O. The normalized spacial score (nSPS) is 16.8. The highest BCUT2D eigenvalue weighted by molar-refractivity contribution is 5.72. The summed E-state index contributed by atoms with van der Waals surface area (Å²) in [4.78, 5) is 17.1. The highest BCUT2D eigenvalue weighted by atomic mass is 16.1. The van der Waals surface area contributed by atoms with Crippen molar-refractivity contribution >= 4 is 11.3 Å². The molecule has 0 amide bonds. The molecule has 0 spiro atoms. The lowest BCUT2D eigenvalue weighted by Crippen LogP contribution is -2.18. The van der Waals surface area contributed by atoms with E-state index in [2.05, 4.69) is 42.6 Å². The molecule has 0 bridgehead atoms. The van der Waals surface area contributed by atoms with Crippen molar-refractivity contribution in [2.24, 2.45) is 5.92 Å². The molecule has 3 heterocycles. The van der Waals surface area contributed by atoms with Crippen molar-refractivity contribution in [1.29, 1.82) is 0 Å². The first-order valence-electron chi connectivity index (χ1n) is 9.73. The van der Waals surface area contributed by atoms with Gasteiger partial charge in [0.05, 0.1) is 17.1 Å². The first-order valence-corrected chi connectivity index (χ1v) is 9.73. The number of pyridine rings is 2. The molecule has 144 valence electrons. The van der Waals surface area contributed by atoms with Crippen LogP contribution in [-0.2, 0) is 0 Å². The Morgan fingerprint density at radius 1 is 1.25 bits per heavy atom. The zero-order valence-corrected chi connectivity index (χ0v) is 16.9. The zero-order chi connectivity index (χ0) is 19.8. The fraction of sp³-hybridized carbons (Fsp3) is 0.304. The number of aryl methyl sites for hydroxylation is 2. The Hall–Kier alpha value is -3.08. The zero-order valence-electron chi connectivity index (χ0n) is 16.9. The van der Waals surface area contributed by atoms with Gasteiger partial charge in [0.15, 0.2) is 5.65 Å². The van der Waals surface area contributed by atoms with Crippen LogP contribution in [0.5, 0.6) is 0 Å². The van der Waals surface area contributed by atoms with Crippen molar-refractivity contribution in [3.05, 3.63) is 81.7 Å². The van der Waals surface area contributed by atoms with Gasteiger partial charge in [0, 0.05) is 30.7 Å². The predicted octanol–water partition coefficient (Wildman–Crippen LogP) is 4.43. The third kappa shape index (κ3) is 3.17. The van der Waals surface area contributed by atoms with Gasteiger partial charge in [0.1, 0.15) is 0 Å². The average molecular weight is 374 g/mol. The van der Waals surface area contributed by atoms with Crippen LogP contribution < -0.4 is 10.9 Å². The number of hydrogen-bond donors (Lipinski definition) is 1. The standard InChI is InChI=1S/C23H26N4O/c1-15-8-7-9-16(2)20(15)13-24-21-12-19(26-11-6-5-10-22(26)28)14-27-18(4)17(3)25-23(21)27/h5-8,10-12,14,16,24H,9,13H2,1-4H3. The number of hydrogen-bond acceptors (Lipinski definition) is 3. The van der Waals surface area contributed by atoms with E-state index in [4.69, 9.17) is 4.98 Å². The van der Waals surface area contributed by atoms with Gasteiger partial charge in [-0.05, 0) is 50.8 Å². The van der Waals surface area contributed by atoms with Gasteiger partial charge >= 0.3 is 0 Å². The van der Waals surface area contributed by atoms with E-state index in [0.717, 1.165) is 41.4 Å². The van der Waals surface area contributed by atoms with Crippen LogP contribution in [0.1, 0.15) is 31.7 Å². The second-order valence-electron chi connectivity index (χ2n) is 7.60. The molecule has 0 aliphatic heterocycles. The van der Waals surface area contributed by atoms with Crippen LogP contribution >= 0.6 is 0 Å². The number of aromatic nitrogens is 3. The Labute approximate surface area is 165 Å². The number of nitrogens with zero attached hydrogens (tertiary/aromatic N) is 3. The maximum Gasteiger partial charge on any atom is 0.255 e. The average Bonchev–Trinajstić information content (AvgIpc) is 2.96. The van der Waals surface area contributed by atoms with Crippen LogP contribution in [0.4, 0.5) is 5.69 Å². The van der Waals surface area contributed by atoms with Gasteiger partial charge in [-0.1, -0.05) is 30.7 Å². The highest BCUT2D eigenvalue weighted by Crippen LogP contribution is 2.27. The SMILES string of the molecule is CC1=C(CNc2cc(-n3ccccc3=O)cn3c(C)c(C)nc23)C(C)CC=C1. The number of anilines is 1. The Bertz CT molecular complexity index is 1160. The maximum atomic E-state index is 12.4. The van der Waals surface area contributed by atoms with Crippen LogP contribution in [0.15, 0.2) is 64.8 Å². The molecular weight excluding hydrogens is 348 g/mol. The first-order chi connectivity index (χ1) is 13.5. The fourth-order valence-electron chi connectivity index (χ4n) is 3.85. The Morgan fingerprint density at radius 3 is 2.82 bits per heavy atom. The summed E-state index contributed by atoms with van der Waals surface area (Å²) in [6.07, 6.45) is 9.30. The molecule has 5 nitrogen and oxygen atoms in total. The van der Waals surface area contributed by atoms with Crippen LogP contribution in [-0.4, -0.2) is 20.5 Å². The van der Waals surface area contributed by atoms with Crippen molar-refractivity contribution in [1.82, 2.24) is 14.0 Å². The molecule has 4 rings (SSSR count). The summed E-state index contributed by atoms with van der Waals surface area (Å²) in [5.41, 5.74) is 7.41. The van der Waals surface area contributed by atoms with E-state index in [1.165, 1.54) is 11.1 Å². The molecule has 5 heteroatoms. The van der Waals surface area contributed by atoms with Crippen LogP contribution in [0.3, 0.4) is 0 Å². The van der Waals surface area contributed by atoms with Gasteiger partial charge < -0.3 is 9.72 Å². The quantitative estimate of drug-likeness (QED) is 0.735. The van der Waals surface area contributed by atoms with Gasteiger partial charge in [-0.15, -0.1) is 0 Å². The summed E-state index contributed by atoms with van der Waals surface area (Å²) in [5, 5.41) is 3.60. The third-order valence-electron chi connectivity index (χ3n) is 5.71. The van der Waals surface area contributed by atoms with Crippen LogP contribution in [0.25, 0.3) is 11.3 Å². The Balaban J connectivity index is 1.81. The van der Waals surface area contributed by atoms with Gasteiger partial charge in [-0.25, -0.2) is 4.98 Å². The smallest absolute Gasteiger partial charge is 0.255 e. The van der Waals surface area contributed by atoms with Crippen molar-refractivity contribution < 1.29 is 0 Å². The summed E-state index contributed by atoms with van der Waals surface area (Å²) in [6.45, 7) is 9.27. The number of rotatable bonds is 4. The Kier molecular flexibility index (Phi) is 4.67. The molecule has 0 fully saturated rings. The van der Waals surface area contributed by atoms with E-state index in [9.17, 15) is 4.79 Å². The summed E-state index contributed by atoms with van der Waals surface area (Å²) in [5.74, 6) is 0.525. The summed E-state index contributed by atoms with van der Waals surface area (Å²) in [6, 6.07) is 7.22. The van der Waals surface area contributed by atoms with Crippen molar-refractivity contribution in [3.8, 4) is 5.69 Å². The second-order valence-corrected chi connectivity index (χ2v) is 7.60. The monoisotopic (exact) mass is 374 g/mol. The van der Waals surface area contributed by atoms with E-state index < -0.39 is 0 Å². The van der Waals surface area contributed by atoms with E-state index in [1.807, 2.05) is 25.3 Å². The van der Waals surface area contributed by atoms with E-state index in [0.29, 0.717) is 5.92 Å². The number of nitrogens with one attached hydrogen (secondary N) is 1. The molecule has 0 saturated carbocycles. The van der Waals surface area contributed by atoms with E-state index in [-0.39, 0.29) is 5.56 Å². The number of allylic oxidation sites excluding steroid dienone is 3. The summed E-state index contributed by atoms with van der Waals surface area (Å²) >= 11 is 0. The molecule has 0 saturated heterocycles. The van der Waals surface area contributed by atoms with Gasteiger partial charge in [-0.3, -0.25) is 9.36 Å². The molecule has 3 aromatic rings. The first kappa shape index (κ1) is 18.3. The van der Waals surface area contributed by atoms with Crippen LogP contribution in [0.2, 0.25) is 0 Å². The van der Waals surface area contributed by atoms with E-state index in [1.54, 1.807) is 22.9 Å². The number of fused-ring (bicyclic) bond motifs is 1. The Morgan fingerprint density at radius 2 is 2.07 bits per heavy atom. The van der Waals surface area contributed by atoms with Crippen molar-refractivity contribution in [2.45, 2.75) is 34.1 Å². The molecule has 1 N–H and O–H groups in total. The second kappa shape index (κ2) is 7.15. The number of imidazole rings is 1. The van der Waals surface area contributed by atoms with Gasteiger partial charge in [0.25, 0.3) is 5.56 Å². The van der Waals surface area contributed by atoms with E-state index >= 15 is 0 Å². The molecule has 1 aliphatic rings. The lowest BCUT2D eigenvalue weighted by Gasteiger charge is -2.22. The minimum Gasteiger partial charge on any atom is -0.378 e. The molecule has 1 aliphatic carbocycles. The molecule has 3 aromatic heterocycles. The lowest BCUT2D eigenvalue weighted by atomic mass is 9.89. The topological polar surface area (TPSA) is 51.3 Å². The molecule has 1 atom stereocenters. The molecule has 28 heavy (non-hydrogen) atoms. The van der Waals surface area contributed by atoms with Crippen molar-refractivity contribution in [2.75, 3.05) is 11.9 Å². The van der Waals surface area contributed by atoms with Crippen LogP contribution in [0, 0.1) is 19.8 Å². The third-order valence-corrected chi connectivity index (χ3v) is 5.71. The van der Waals surface area contributed by atoms with Crippen molar-refractivity contribution in [3.63, 3.8) is 0 Å². The summed E-state index contributed by atoms with van der Waals surface area (Å²) < 4.78 is 3.73. The minimum atomic E-state index is -0.0492. The van der Waals surface area contributed by atoms with Gasteiger partial charge in [-0.2, -0.15) is 0 Å². The molecule has 0 radical (unpaired) electrons. The minimum absolute atomic E-state index is 0.0492. The maximum absolute atomic E-state index is 12.4. The fourth-order valence-corrected chi connectivity index (χ4v) is 3.85. The van der Waals surface area contributed by atoms with Gasteiger partial charge in [0.2, 0.25) is 0 Å². The summed E-state index contributed by atoms with van der Waals surface area (Å²) in [7, 11) is 0. The molecule has 0 aromatic carbocycles. The molecule has 1 unspecified atom stereocenters. The largest absolute Gasteiger partial charge is 0.378 e. The lowest BCUT2D eigenvalue weighted by molar-refractivity contribution is 0.668.